The topological polar surface area (TPSA) is 374 Å². The number of fused-ring (bicyclic) bond motifs is 6. The van der Waals surface area contributed by atoms with Crippen molar-refractivity contribution in [3.8, 4) is 0 Å². The summed E-state index contributed by atoms with van der Waals surface area (Å²) < 4.78 is 92.0. The predicted octanol–water partition coefficient (Wildman–Crippen LogP) is 6.68. The van der Waals surface area contributed by atoms with Crippen molar-refractivity contribution in [2.75, 3.05) is 80.8 Å². The molecule has 27 nitrogen and oxygen atoms in total. The molecule has 0 aliphatic carbocycles. The molecule has 4 N–H and O–H groups in total. The highest BCUT2D eigenvalue weighted by atomic mass is 35.5. The molecule has 89 heavy (non-hydrogen) atoms. The van der Waals surface area contributed by atoms with E-state index < -0.39 is 123 Å². The fourth-order valence-electron chi connectivity index (χ4n) is 10.2. The Morgan fingerprint density at radius 3 is 1.54 bits per heavy atom. The first-order chi connectivity index (χ1) is 42.1. The largest absolute Gasteiger partial charge is 0.444 e. The number of alkyl halides is 1. The second kappa shape index (κ2) is 29.4. The number of anilines is 2. The Kier molecular flexibility index (Phi) is 22.5. The van der Waals surface area contributed by atoms with Gasteiger partial charge in [-0.05, 0) is 90.3 Å². The number of hydrogen-bond acceptors (Lipinski definition) is 19. The number of unbranched alkanes of at least 4 members (excludes halogenated alkanes) is 3. The van der Waals surface area contributed by atoms with Crippen LogP contribution in [0.5, 0.6) is 0 Å². The number of hydrogen-bond donors (Lipinski definition) is 4. The van der Waals surface area contributed by atoms with Crippen LogP contribution in [0, 0.1) is 20.2 Å². The minimum atomic E-state index is -4.42. The summed E-state index contributed by atoms with van der Waals surface area (Å²) in [6.45, 7) is 3.19. The molecule has 5 aromatic rings. The summed E-state index contributed by atoms with van der Waals surface area (Å²) in [6, 6.07) is 21.0. The van der Waals surface area contributed by atoms with E-state index in [2.05, 4.69) is 10.6 Å². The van der Waals surface area contributed by atoms with E-state index in [0.29, 0.717) is 59.2 Å². The zero-order chi connectivity index (χ0) is 65.0. The first-order valence-corrected chi connectivity index (χ1v) is 34.6. The quantitative estimate of drug-likeness (QED) is 0.00428. The number of ether oxygens (including phenoxy) is 5. The SMILES string of the molecule is CN(C(=O)OCc1cc(C(=O)NCCS(=O)(=O)O)ccc1[N+](=O)[O-])c1ccc2c(c1)[Si](C)(C)c1cc(N(C)C(=O)OCc3cc(C(=O)NCCS(=O)(=O)O)ccc3[N+](=O)[O-])ccc1C21OC(=O)c2ccc(C(=O)CCCOCCOCCCCCCCl)cc21. The van der Waals surface area contributed by atoms with Crippen LogP contribution in [0.2, 0.25) is 13.1 Å². The Balaban J connectivity index is 1.19. The zero-order valence-electron chi connectivity index (χ0n) is 48.8. The normalized spacial score (nSPS) is 13.5. The molecular weight excluding hydrogens is 1240 g/mol. The number of benzene rings is 5. The van der Waals surface area contributed by atoms with Crippen LogP contribution >= 0.6 is 11.6 Å². The molecule has 1 spiro atoms. The summed E-state index contributed by atoms with van der Waals surface area (Å²) >= 11 is 5.75. The van der Waals surface area contributed by atoms with Crippen LogP contribution in [0.15, 0.2) is 91.0 Å². The molecule has 5 aromatic carbocycles. The van der Waals surface area contributed by atoms with Gasteiger partial charge in [0, 0.05) is 110 Å². The third kappa shape index (κ3) is 16.7. The molecule has 2 aliphatic rings. The van der Waals surface area contributed by atoms with Gasteiger partial charge in [0.2, 0.25) is 0 Å². The summed E-state index contributed by atoms with van der Waals surface area (Å²) in [5.41, 5.74) is -1.24. The van der Waals surface area contributed by atoms with Crippen molar-refractivity contribution >= 4 is 109 Å². The van der Waals surface area contributed by atoms with E-state index in [1.807, 2.05) is 13.1 Å². The van der Waals surface area contributed by atoms with Gasteiger partial charge in [0.05, 0.1) is 51.3 Å². The maximum atomic E-state index is 14.3. The molecule has 0 fully saturated rings. The van der Waals surface area contributed by atoms with Crippen LogP contribution in [-0.2, 0) is 62.7 Å². The number of halogens is 1. The lowest BCUT2D eigenvalue weighted by Gasteiger charge is -2.44. The highest BCUT2D eigenvalue weighted by Gasteiger charge is 2.56. The molecule has 476 valence electrons. The van der Waals surface area contributed by atoms with Crippen LogP contribution in [-0.4, -0.2) is 151 Å². The Bertz CT molecular complexity index is 3630. The van der Waals surface area contributed by atoms with Crippen molar-refractivity contribution in [3.63, 3.8) is 0 Å². The van der Waals surface area contributed by atoms with Crippen molar-refractivity contribution in [3.05, 3.63) is 161 Å². The number of Topliss-reactive ketones (excluding diaryl/α,β-unsaturated/α-hetero) is 1. The number of nitrogens with one attached hydrogen (secondary N) is 2. The van der Waals surface area contributed by atoms with Crippen LogP contribution in [0.4, 0.5) is 32.3 Å². The van der Waals surface area contributed by atoms with Gasteiger partial charge < -0.3 is 34.3 Å². The van der Waals surface area contributed by atoms with Crippen molar-refractivity contribution in [1.29, 1.82) is 0 Å². The standard InChI is InChI=1S/C58H65ClN6O21S2Si/c1-62(56(70)84-35-40-30-38(12-19-48(40)64(72)73)53(67)60-22-28-87(76,77)78)42-14-17-45-51(33-42)89(3,4)52-34-43(63(2)57(71)85-36-41-31-39(13-20-49(41)65(74)75)54(68)61-23-29-88(79,80)81)15-18-46(52)58(45)47-32-37(11-16-44(47)55(69)86-58)50(66)10-9-25-83-27-26-82-24-8-6-5-7-21-59/h11-20,30-34H,5-10,21-29,35-36H2,1-4H3,(H,60,67)(H,61,68)(H,76,77,78)(H,79,80,81). The highest BCUT2D eigenvalue weighted by Crippen LogP contribution is 2.50. The molecule has 0 atom stereocenters. The third-order valence-electron chi connectivity index (χ3n) is 14.9. The summed E-state index contributed by atoms with van der Waals surface area (Å²) in [7, 11) is -9.28. The van der Waals surface area contributed by atoms with E-state index in [0.717, 1.165) is 71.9 Å². The molecule has 2 aliphatic heterocycles. The number of rotatable bonds is 30. The van der Waals surface area contributed by atoms with Gasteiger partial charge >= 0.3 is 18.2 Å². The molecule has 0 unspecified atom stereocenters. The smallest absolute Gasteiger partial charge is 0.414 e. The van der Waals surface area contributed by atoms with Crippen molar-refractivity contribution in [2.24, 2.45) is 0 Å². The maximum Gasteiger partial charge on any atom is 0.414 e. The fourth-order valence-corrected chi connectivity index (χ4v) is 14.3. The highest BCUT2D eigenvalue weighted by molar-refractivity contribution is 7.86. The number of carbonyl (C=O) groups is 6. The lowest BCUT2D eigenvalue weighted by Crippen LogP contribution is -2.63. The van der Waals surface area contributed by atoms with Gasteiger partial charge in [-0.1, -0.05) is 44.1 Å². The minimum Gasteiger partial charge on any atom is -0.444 e. The van der Waals surface area contributed by atoms with Crippen LogP contribution in [0.25, 0.3) is 0 Å². The number of nitrogens with zero attached hydrogens (tertiary/aromatic N) is 4. The number of nitro groups is 2. The van der Waals surface area contributed by atoms with Gasteiger partial charge in [0.1, 0.15) is 21.3 Å². The molecule has 0 aromatic heterocycles. The monoisotopic (exact) mass is 1310 g/mol. The molecule has 31 heteroatoms. The Hall–Kier alpha value is -8.23. The molecule has 0 radical (unpaired) electrons. The van der Waals surface area contributed by atoms with E-state index >= 15 is 0 Å². The number of carbonyl (C=O) groups excluding carboxylic acids is 6. The van der Waals surface area contributed by atoms with Gasteiger partial charge in [0.15, 0.2) is 11.4 Å². The fraction of sp³-hybridized carbons (Fsp3) is 0.379. The molecule has 0 saturated heterocycles. The van der Waals surface area contributed by atoms with E-state index in [1.54, 1.807) is 48.5 Å². The van der Waals surface area contributed by atoms with Gasteiger partial charge in [-0.25, -0.2) is 14.4 Å². The number of amides is 4. The Morgan fingerprint density at radius 2 is 1.08 bits per heavy atom. The average Bonchev–Trinajstić information content (AvgIpc) is 1.66. The molecule has 2 heterocycles. The van der Waals surface area contributed by atoms with Crippen LogP contribution in [0.1, 0.15) is 108 Å². The lowest BCUT2D eigenvalue weighted by atomic mass is 9.78. The number of esters is 1. The van der Waals surface area contributed by atoms with Gasteiger partial charge in [-0.15, -0.1) is 11.6 Å². The van der Waals surface area contributed by atoms with Gasteiger partial charge in [-0.3, -0.25) is 53.5 Å². The summed E-state index contributed by atoms with van der Waals surface area (Å²) in [5.74, 6) is -3.60. The van der Waals surface area contributed by atoms with Crippen LogP contribution < -0.4 is 30.8 Å². The number of nitro benzene ring substituents is 2. The maximum absolute atomic E-state index is 14.3. The first-order valence-electron chi connectivity index (χ1n) is 27.8. The van der Waals surface area contributed by atoms with E-state index in [1.165, 1.54) is 20.2 Å². The zero-order valence-corrected chi connectivity index (χ0v) is 52.2. The van der Waals surface area contributed by atoms with Gasteiger partial charge in [0.25, 0.3) is 43.4 Å². The first kappa shape index (κ1) is 68.3. The lowest BCUT2D eigenvalue weighted by molar-refractivity contribution is -0.386. The second-order valence-electron chi connectivity index (χ2n) is 21.3. The summed E-state index contributed by atoms with van der Waals surface area (Å²) in [6.07, 6.45) is 2.39. The molecule has 7 rings (SSSR count). The molecular formula is C58H65ClN6O21S2Si. The summed E-state index contributed by atoms with van der Waals surface area (Å²) in [4.78, 5) is 107. The molecule has 4 amide bonds. The average molecular weight is 1310 g/mol. The predicted molar refractivity (Wildman–Crippen MR) is 327 cm³/mol. The van der Waals surface area contributed by atoms with Crippen LogP contribution in [0.3, 0.4) is 0 Å². The second-order valence-corrected chi connectivity index (χ2v) is 29.1. The Morgan fingerprint density at radius 1 is 0.618 bits per heavy atom. The third-order valence-corrected chi connectivity index (χ3v) is 20.2. The van der Waals surface area contributed by atoms with Crippen molar-refractivity contribution < 1.29 is 88.2 Å². The van der Waals surface area contributed by atoms with Crippen molar-refractivity contribution in [2.45, 2.75) is 70.4 Å². The number of ketones is 1. The van der Waals surface area contributed by atoms with Gasteiger partial charge in [-0.2, -0.15) is 16.8 Å². The summed E-state index contributed by atoms with van der Waals surface area (Å²) in [5, 5.41) is 29.9. The van der Waals surface area contributed by atoms with E-state index in [-0.39, 0.29) is 63.6 Å². The van der Waals surface area contributed by atoms with E-state index in [4.69, 9.17) is 44.4 Å². The van der Waals surface area contributed by atoms with E-state index in [9.17, 15) is 65.8 Å². The minimum absolute atomic E-state index is 0.0916. The molecule has 0 bridgehead atoms. The molecule has 0 saturated carbocycles. The Labute approximate surface area is 517 Å². The van der Waals surface area contributed by atoms with Crippen molar-refractivity contribution in [1.82, 2.24) is 10.6 Å².